The largest absolute Gasteiger partial charge is 0.485 e. The quantitative estimate of drug-likeness (QED) is 0.730. The number of pyridine rings is 1. The summed E-state index contributed by atoms with van der Waals surface area (Å²) in [5, 5.41) is 9.14. The third-order valence-corrected chi connectivity index (χ3v) is 3.11. The van der Waals surface area contributed by atoms with Crippen molar-refractivity contribution in [2.45, 2.75) is 27.0 Å². The Morgan fingerprint density at radius 3 is 2.90 bits per heavy atom. The van der Waals surface area contributed by atoms with Gasteiger partial charge < -0.3 is 4.74 Å². The van der Waals surface area contributed by atoms with Crippen LogP contribution in [0.2, 0.25) is 0 Å². The van der Waals surface area contributed by atoms with E-state index in [-0.39, 0.29) is 0 Å². The van der Waals surface area contributed by atoms with Crippen molar-refractivity contribution >= 4 is 10.9 Å². The summed E-state index contributed by atoms with van der Waals surface area (Å²) in [7, 11) is 0. The third kappa shape index (κ3) is 2.47. The SMILES string of the molecule is CCn1cc(COc2cccc3ccc(C)nc23)nn1. The first-order valence-corrected chi connectivity index (χ1v) is 6.64. The first-order valence-electron chi connectivity index (χ1n) is 6.64. The Morgan fingerprint density at radius 1 is 1.20 bits per heavy atom. The number of fused-ring (bicyclic) bond motifs is 1. The summed E-state index contributed by atoms with van der Waals surface area (Å²) in [4.78, 5) is 4.54. The van der Waals surface area contributed by atoms with Gasteiger partial charge in [-0.3, -0.25) is 4.68 Å². The summed E-state index contributed by atoms with van der Waals surface area (Å²) in [5.74, 6) is 0.775. The van der Waals surface area contributed by atoms with E-state index in [1.807, 2.05) is 44.3 Å². The van der Waals surface area contributed by atoms with E-state index in [1.54, 1.807) is 4.68 Å². The summed E-state index contributed by atoms with van der Waals surface area (Å²) in [6, 6.07) is 9.98. The van der Waals surface area contributed by atoms with Crippen LogP contribution in [0, 0.1) is 6.92 Å². The van der Waals surface area contributed by atoms with Crippen LogP contribution in [0.5, 0.6) is 5.75 Å². The number of hydrogen-bond donors (Lipinski definition) is 0. The highest BCUT2D eigenvalue weighted by molar-refractivity contribution is 5.84. The number of benzene rings is 1. The highest BCUT2D eigenvalue weighted by Crippen LogP contribution is 2.24. The maximum Gasteiger partial charge on any atom is 0.146 e. The van der Waals surface area contributed by atoms with Gasteiger partial charge in [0.25, 0.3) is 0 Å². The number of aryl methyl sites for hydroxylation is 2. The van der Waals surface area contributed by atoms with Crippen molar-refractivity contribution in [3.63, 3.8) is 0 Å². The first kappa shape index (κ1) is 12.6. The van der Waals surface area contributed by atoms with Gasteiger partial charge in [0.05, 0.1) is 6.20 Å². The fourth-order valence-electron chi connectivity index (χ4n) is 2.04. The van der Waals surface area contributed by atoms with Crippen LogP contribution >= 0.6 is 0 Å². The van der Waals surface area contributed by atoms with E-state index in [4.69, 9.17) is 4.74 Å². The zero-order chi connectivity index (χ0) is 13.9. The molecule has 0 amide bonds. The average molecular weight is 268 g/mol. The number of rotatable bonds is 4. The predicted octanol–water partition coefficient (Wildman–Crippen LogP) is 2.73. The molecule has 0 aliphatic heterocycles. The number of aromatic nitrogens is 4. The Morgan fingerprint density at radius 2 is 2.10 bits per heavy atom. The molecule has 0 saturated carbocycles. The number of nitrogens with zero attached hydrogens (tertiary/aromatic N) is 4. The molecule has 3 aromatic rings. The molecule has 0 spiro atoms. The van der Waals surface area contributed by atoms with E-state index in [1.165, 1.54) is 0 Å². The lowest BCUT2D eigenvalue weighted by atomic mass is 10.2. The number of hydrogen-bond acceptors (Lipinski definition) is 4. The van der Waals surface area contributed by atoms with Crippen LogP contribution in [-0.4, -0.2) is 20.0 Å². The lowest BCUT2D eigenvalue weighted by Crippen LogP contribution is -1.97. The zero-order valence-corrected chi connectivity index (χ0v) is 11.6. The third-order valence-electron chi connectivity index (χ3n) is 3.11. The van der Waals surface area contributed by atoms with Gasteiger partial charge >= 0.3 is 0 Å². The van der Waals surface area contributed by atoms with Crippen LogP contribution in [-0.2, 0) is 13.2 Å². The molecule has 0 unspecified atom stereocenters. The topological polar surface area (TPSA) is 52.8 Å². The zero-order valence-electron chi connectivity index (χ0n) is 11.6. The second kappa shape index (κ2) is 5.28. The highest BCUT2D eigenvalue weighted by atomic mass is 16.5. The smallest absolute Gasteiger partial charge is 0.146 e. The van der Waals surface area contributed by atoms with E-state index in [0.29, 0.717) is 6.61 Å². The second-order valence-electron chi connectivity index (χ2n) is 4.63. The summed E-state index contributed by atoms with van der Waals surface area (Å²) in [5.41, 5.74) is 2.68. The Labute approximate surface area is 117 Å². The van der Waals surface area contributed by atoms with Crippen LogP contribution < -0.4 is 4.74 Å². The minimum atomic E-state index is 0.398. The lowest BCUT2D eigenvalue weighted by molar-refractivity contribution is 0.304. The molecule has 0 N–H and O–H groups in total. The molecule has 0 bridgehead atoms. The molecular formula is C15H16N4O. The van der Waals surface area contributed by atoms with Gasteiger partial charge in [-0.05, 0) is 26.0 Å². The summed E-state index contributed by atoms with van der Waals surface area (Å²) < 4.78 is 7.62. The molecule has 0 aliphatic carbocycles. The molecule has 0 fully saturated rings. The molecule has 2 heterocycles. The molecule has 0 aliphatic rings. The normalized spacial score (nSPS) is 10.9. The maximum atomic E-state index is 5.84. The van der Waals surface area contributed by atoms with Crippen LogP contribution in [0.1, 0.15) is 18.3 Å². The van der Waals surface area contributed by atoms with E-state index < -0.39 is 0 Å². The number of ether oxygens (including phenoxy) is 1. The Kier molecular flexibility index (Phi) is 3.33. The van der Waals surface area contributed by atoms with Gasteiger partial charge in [-0.1, -0.05) is 23.4 Å². The molecule has 0 saturated heterocycles. The molecule has 5 heteroatoms. The number of para-hydroxylation sites is 1. The summed E-state index contributed by atoms with van der Waals surface area (Å²) in [6.45, 7) is 5.20. The second-order valence-corrected chi connectivity index (χ2v) is 4.63. The van der Waals surface area contributed by atoms with Gasteiger partial charge in [0.1, 0.15) is 23.6 Å². The molecule has 2 aromatic heterocycles. The first-order chi connectivity index (χ1) is 9.76. The molecular weight excluding hydrogens is 252 g/mol. The molecule has 5 nitrogen and oxygen atoms in total. The van der Waals surface area contributed by atoms with Crippen LogP contribution in [0.15, 0.2) is 36.5 Å². The van der Waals surface area contributed by atoms with Gasteiger partial charge in [-0.15, -0.1) is 5.10 Å². The fraction of sp³-hybridized carbons (Fsp3) is 0.267. The highest BCUT2D eigenvalue weighted by Gasteiger charge is 2.06. The monoisotopic (exact) mass is 268 g/mol. The minimum absolute atomic E-state index is 0.398. The van der Waals surface area contributed by atoms with Crippen molar-refractivity contribution in [3.8, 4) is 5.75 Å². The summed E-state index contributed by atoms with van der Waals surface area (Å²) >= 11 is 0. The van der Waals surface area contributed by atoms with Crippen molar-refractivity contribution in [2.24, 2.45) is 0 Å². The molecule has 20 heavy (non-hydrogen) atoms. The maximum absolute atomic E-state index is 5.84. The van der Waals surface area contributed by atoms with Crippen LogP contribution in [0.25, 0.3) is 10.9 Å². The molecule has 0 atom stereocenters. The minimum Gasteiger partial charge on any atom is -0.485 e. The van der Waals surface area contributed by atoms with Crippen molar-refractivity contribution in [1.82, 2.24) is 20.0 Å². The Bertz CT molecular complexity index is 736. The van der Waals surface area contributed by atoms with E-state index in [0.717, 1.165) is 34.6 Å². The van der Waals surface area contributed by atoms with E-state index in [2.05, 4.69) is 21.4 Å². The van der Waals surface area contributed by atoms with Crippen molar-refractivity contribution in [3.05, 3.63) is 47.9 Å². The van der Waals surface area contributed by atoms with Crippen molar-refractivity contribution in [1.29, 1.82) is 0 Å². The van der Waals surface area contributed by atoms with Gasteiger partial charge in [0, 0.05) is 17.6 Å². The van der Waals surface area contributed by atoms with Gasteiger partial charge in [-0.2, -0.15) is 0 Å². The van der Waals surface area contributed by atoms with Gasteiger partial charge in [0.2, 0.25) is 0 Å². The van der Waals surface area contributed by atoms with Crippen LogP contribution in [0.4, 0.5) is 0 Å². The standard InChI is InChI=1S/C15H16N4O/c1-3-19-9-13(17-18-19)10-20-14-6-4-5-12-8-7-11(2)16-15(12)14/h4-9H,3,10H2,1-2H3. The fourth-order valence-corrected chi connectivity index (χ4v) is 2.04. The molecule has 1 aromatic carbocycles. The molecule has 0 radical (unpaired) electrons. The van der Waals surface area contributed by atoms with Crippen molar-refractivity contribution < 1.29 is 4.74 Å². The summed E-state index contributed by atoms with van der Waals surface area (Å²) in [6.07, 6.45) is 1.89. The molecule has 102 valence electrons. The molecule has 3 rings (SSSR count). The van der Waals surface area contributed by atoms with Gasteiger partial charge in [-0.25, -0.2) is 4.98 Å². The Hall–Kier alpha value is -2.43. The Balaban J connectivity index is 1.85. The van der Waals surface area contributed by atoms with Gasteiger partial charge in [0.15, 0.2) is 0 Å². The van der Waals surface area contributed by atoms with Crippen LogP contribution in [0.3, 0.4) is 0 Å². The van der Waals surface area contributed by atoms with Crippen molar-refractivity contribution in [2.75, 3.05) is 0 Å². The lowest BCUT2D eigenvalue weighted by Gasteiger charge is -2.07. The van der Waals surface area contributed by atoms with E-state index in [9.17, 15) is 0 Å². The predicted molar refractivity (Wildman–Crippen MR) is 76.5 cm³/mol. The van der Waals surface area contributed by atoms with E-state index >= 15 is 0 Å². The average Bonchev–Trinajstić information content (AvgIpc) is 2.93.